The summed E-state index contributed by atoms with van der Waals surface area (Å²) in [6.07, 6.45) is 8.13. The summed E-state index contributed by atoms with van der Waals surface area (Å²) in [5.41, 5.74) is 0.510. The maximum Gasteiger partial charge on any atom is 0.327 e. The first-order chi connectivity index (χ1) is 11.6. The molecule has 3 amide bonds. The number of fused-ring (bicyclic) bond motifs is 1. The molecule has 3 aliphatic rings. The van der Waals surface area contributed by atoms with E-state index in [0.717, 1.165) is 50.9 Å². The van der Waals surface area contributed by atoms with Gasteiger partial charge in [0.2, 0.25) is 0 Å². The van der Waals surface area contributed by atoms with Crippen LogP contribution in [-0.2, 0) is 11.8 Å². The Morgan fingerprint density at radius 2 is 2.17 bits per heavy atom. The van der Waals surface area contributed by atoms with E-state index >= 15 is 0 Å². The highest BCUT2D eigenvalue weighted by Crippen LogP contribution is 2.42. The van der Waals surface area contributed by atoms with Crippen molar-refractivity contribution >= 4 is 17.6 Å². The fourth-order valence-corrected chi connectivity index (χ4v) is 4.68. The van der Waals surface area contributed by atoms with E-state index in [4.69, 9.17) is 0 Å². The van der Waals surface area contributed by atoms with Crippen LogP contribution in [0.2, 0.25) is 0 Å². The van der Waals surface area contributed by atoms with Gasteiger partial charge in [-0.05, 0) is 25.7 Å². The lowest BCUT2D eigenvalue weighted by Gasteiger charge is -2.27. The van der Waals surface area contributed by atoms with E-state index in [1.54, 1.807) is 9.58 Å². The zero-order valence-electron chi connectivity index (χ0n) is 14.4. The first-order valence-corrected chi connectivity index (χ1v) is 8.95. The average Bonchev–Trinajstić information content (AvgIpc) is 3.28. The van der Waals surface area contributed by atoms with Crippen molar-refractivity contribution in [2.24, 2.45) is 7.05 Å². The molecule has 4 heterocycles. The molecule has 0 bridgehead atoms. The molecule has 0 radical (unpaired) electrons. The van der Waals surface area contributed by atoms with Gasteiger partial charge in [0.1, 0.15) is 5.54 Å². The summed E-state index contributed by atoms with van der Waals surface area (Å²) >= 11 is 0. The summed E-state index contributed by atoms with van der Waals surface area (Å²) in [4.78, 5) is 31.7. The van der Waals surface area contributed by atoms with Crippen molar-refractivity contribution < 1.29 is 9.59 Å². The van der Waals surface area contributed by atoms with Gasteiger partial charge in [-0.15, -0.1) is 0 Å². The Hall–Kier alpha value is -2.05. The van der Waals surface area contributed by atoms with Crippen molar-refractivity contribution in [3.05, 3.63) is 12.4 Å². The molecule has 1 aromatic heterocycles. The van der Waals surface area contributed by atoms with Crippen LogP contribution in [-0.4, -0.2) is 62.7 Å². The first-order valence-electron chi connectivity index (χ1n) is 8.95. The maximum atomic E-state index is 13.2. The number of hydrogen-bond donors (Lipinski definition) is 0. The second-order valence-corrected chi connectivity index (χ2v) is 7.26. The van der Waals surface area contributed by atoms with Gasteiger partial charge in [-0.1, -0.05) is 13.3 Å². The number of carbonyl (C=O) groups excluding carboxylic acids is 2. The van der Waals surface area contributed by atoms with E-state index in [-0.39, 0.29) is 18.0 Å². The number of rotatable bonds is 4. The molecular weight excluding hydrogens is 306 g/mol. The molecule has 0 aromatic carbocycles. The minimum atomic E-state index is -0.548. The number of urea groups is 1. The summed E-state index contributed by atoms with van der Waals surface area (Å²) in [6.45, 7) is 4.37. The topological polar surface area (TPSA) is 61.7 Å². The summed E-state index contributed by atoms with van der Waals surface area (Å²) in [6, 6.07) is -0.0893. The van der Waals surface area contributed by atoms with Gasteiger partial charge in [-0.25, -0.2) is 4.79 Å². The number of aryl methyl sites for hydroxylation is 1. The number of imide groups is 1. The molecule has 2 atom stereocenters. The summed E-state index contributed by atoms with van der Waals surface area (Å²) in [5, 5.41) is 4.21. The number of amides is 3. The van der Waals surface area contributed by atoms with Gasteiger partial charge in [-0.3, -0.25) is 14.4 Å². The van der Waals surface area contributed by atoms with Gasteiger partial charge in [0.25, 0.3) is 5.91 Å². The Morgan fingerprint density at radius 1 is 1.33 bits per heavy atom. The lowest BCUT2D eigenvalue weighted by atomic mass is 9.90. The zero-order valence-corrected chi connectivity index (χ0v) is 14.4. The summed E-state index contributed by atoms with van der Waals surface area (Å²) in [5.74, 6) is 0.0462. The van der Waals surface area contributed by atoms with Crippen LogP contribution in [0.3, 0.4) is 0 Å². The molecule has 0 spiro atoms. The van der Waals surface area contributed by atoms with Crippen molar-refractivity contribution in [2.75, 3.05) is 24.5 Å². The molecule has 3 aliphatic heterocycles. The number of carbonyl (C=O) groups is 2. The third-order valence-corrected chi connectivity index (χ3v) is 5.79. The Morgan fingerprint density at radius 3 is 2.88 bits per heavy atom. The molecule has 24 heavy (non-hydrogen) atoms. The van der Waals surface area contributed by atoms with Gasteiger partial charge in [0, 0.05) is 32.9 Å². The SMILES string of the molecule is CCC[C@@]12CCCN1C(=O)N([C@@H]1CCN(c3cnn(C)c3)C1)C2=O. The quantitative estimate of drug-likeness (QED) is 0.786. The van der Waals surface area contributed by atoms with Gasteiger partial charge in [0.15, 0.2) is 0 Å². The van der Waals surface area contributed by atoms with Crippen molar-refractivity contribution in [1.82, 2.24) is 19.6 Å². The van der Waals surface area contributed by atoms with E-state index in [1.807, 2.05) is 24.3 Å². The minimum absolute atomic E-state index is 0.0236. The molecule has 0 aliphatic carbocycles. The molecule has 7 heteroatoms. The number of nitrogens with zero attached hydrogens (tertiary/aromatic N) is 5. The molecule has 0 saturated carbocycles. The molecule has 7 nitrogen and oxygen atoms in total. The molecule has 1 aromatic rings. The Bertz CT molecular complexity index is 672. The monoisotopic (exact) mass is 331 g/mol. The predicted octanol–water partition coefficient (Wildman–Crippen LogP) is 1.60. The van der Waals surface area contributed by atoms with Gasteiger partial charge in [0.05, 0.1) is 17.9 Å². The summed E-state index contributed by atoms with van der Waals surface area (Å²) in [7, 11) is 1.90. The van der Waals surface area contributed by atoms with Crippen molar-refractivity contribution in [3.8, 4) is 0 Å². The Balaban J connectivity index is 1.55. The van der Waals surface area contributed by atoms with Crippen LogP contribution in [0.5, 0.6) is 0 Å². The average molecular weight is 331 g/mol. The highest BCUT2D eigenvalue weighted by atomic mass is 16.2. The predicted molar refractivity (Wildman–Crippen MR) is 89.6 cm³/mol. The minimum Gasteiger partial charge on any atom is -0.367 e. The fourth-order valence-electron chi connectivity index (χ4n) is 4.68. The normalized spacial score (nSPS) is 29.9. The van der Waals surface area contributed by atoms with E-state index in [2.05, 4.69) is 16.9 Å². The smallest absolute Gasteiger partial charge is 0.327 e. The summed E-state index contributed by atoms with van der Waals surface area (Å²) < 4.78 is 1.78. The van der Waals surface area contributed by atoms with Gasteiger partial charge >= 0.3 is 6.03 Å². The first kappa shape index (κ1) is 15.5. The Kier molecular flexibility index (Phi) is 3.54. The van der Waals surface area contributed by atoms with Gasteiger partial charge < -0.3 is 9.80 Å². The maximum absolute atomic E-state index is 13.2. The van der Waals surface area contributed by atoms with Crippen LogP contribution >= 0.6 is 0 Å². The Labute approximate surface area is 142 Å². The van der Waals surface area contributed by atoms with Gasteiger partial charge in [-0.2, -0.15) is 5.10 Å². The molecule has 3 saturated heterocycles. The second-order valence-electron chi connectivity index (χ2n) is 7.26. The second kappa shape index (κ2) is 5.50. The molecule has 0 unspecified atom stereocenters. The van der Waals surface area contributed by atoms with Crippen LogP contribution in [0.25, 0.3) is 0 Å². The number of hydrogen-bond acceptors (Lipinski definition) is 4. The van der Waals surface area contributed by atoms with E-state index < -0.39 is 5.54 Å². The zero-order chi connectivity index (χ0) is 16.9. The molecule has 0 N–H and O–H groups in total. The van der Waals surface area contributed by atoms with E-state index in [1.165, 1.54) is 0 Å². The lowest BCUT2D eigenvalue weighted by molar-refractivity contribution is -0.134. The molecule has 130 valence electrons. The largest absolute Gasteiger partial charge is 0.367 e. The van der Waals surface area contributed by atoms with Crippen molar-refractivity contribution in [1.29, 1.82) is 0 Å². The van der Waals surface area contributed by atoms with Crippen LogP contribution < -0.4 is 4.90 Å². The number of aromatic nitrogens is 2. The van der Waals surface area contributed by atoms with Crippen molar-refractivity contribution in [2.45, 2.75) is 50.6 Å². The van der Waals surface area contributed by atoms with Crippen LogP contribution in [0.1, 0.15) is 39.0 Å². The highest BCUT2D eigenvalue weighted by Gasteiger charge is 2.60. The van der Waals surface area contributed by atoms with Crippen LogP contribution in [0, 0.1) is 0 Å². The van der Waals surface area contributed by atoms with E-state index in [0.29, 0.717) is 6.54 Å². The highest BCUT2D eigenvalue weighted by molar-refractivity contribution is 6.07. The van der Waals surface area contributed by atoms with E-state index in [9.17, 15) is 9.59 Å². The fraction of sp³-hybridized carbons (Fsp3) is 0.706. The van der Waals surface area contributed by atoms with Crippen LogP contribution in [0.15, 0.2) is 12.4 Å². The number of anilines is 1. The molecule has 3 fully saturated rings. The lowest BCUT2D eigenvalue weighted by Crippen LogP contribution is -2.46. The van der Waals surface area contributed by atoms with Crippen LogP contribution in [0.4, 0.5) is 10.5 Å². The third kappa shape index (κ3) is 2.06. The molecular formula is C17H25N5O2. The third-order valence-electron chi connectivity index (χ3n) is 5.79. The molecule has 4 rings (SSSR count). The van der Waals surface area contributed by atoms with Crippen molar-refractivity contribution in [3.63, 3.8) is 0 Å². The standard InChI is InChI=1S/C17H25N5O2/c1-3-6-17-7-4-8-21(17)16(24)22(15(17)23)13-5-9-20(12-13)14-10-18-19(2)11-14/h10-11,13H,3-9,12H2,1-2H3/t13-,17+/m1/s1.